The van der Waals surface area contributed by atoms with Gasteiger partial charge in [-0.15, -0.1) is 0 Å². The standard InChI is InChI=1S/C9H20N2O2S/c1-3-8(10)7-14(13)6-5-9(12)11-4-2/h8H,3-7,10H2,1-2H3,(H,11,12). The lowest BCUT2D eigenvalue weighted by Crippen LogP contribution is -2.29. The van der Waals surface area contributed by atoms with Crippen LogP contribution in [-0.2, 0) is 15.6 Å². The van der Waals surface area contributed by atoms with Crippen molar-refractivity contribution < 1.29 is 9.00 Å². The largest absolute Gasteiger partial charge is 0.356 e. The van der Waals surface area contributed by atoms with Gasteiger partial charge in [-0.2, -0.15) is 0 Å². The van der Waals surface area contributed by atoms with Gasteiger partial charge in [-0.1, -0.05) is 6.92 Å². The number of hydrogen-bond donors (Lipinski definition) is 2. The van der Waals surface area contributed by atoms with E-state index in [4.69, 9.17) is 5.73 Å². The molecule has 5 heteroatoms. The molecule has 14 heavy (non-hydrogen) atoms. The minimum atomic E-state index is -0.960. The van der Waals surface area contributed by atoms with Crippen molar-refractivity contribution in [1.29, 1.82) is 0 Å². The molecule has 0 aromatic rings. The summed E-state index contributed by atoms with van der Waals surface area (Å²) in [6.45, 7) is 4.45. The Morgan fingerprint density at radius 3 is 2.64 bits per heavy atom. The Bertz CT molecular complexity index is 197. The Balaban J connectivity index is 3.58. The number of carbonyl (C=O) groups excluding carboxylic acids is 1. The molecule has 84 valence electrons. The molecule has 4 nitrogen and oxygen atoms in total. The predicted molar refractivity (Wildman–Crippen MR) is 59.4 cm³/mol. The molecule has 3 N–H and O–H groups in total. The third kappa shape index (κ3) is 7.03. The van der Waals surface area contributed by atoms with E-state index in [1.165, 1.54) is 0 Å². The van der Waals surface area contributed by atoms with E-state index in [-0.39, 0.29) is 11.9 Å². The van der Waals surface area contributed by atoms with Crippen molar-refractivity contribution in [2.75, 3.05) is 18.1 Å². The van der Waals surface area contributed by atoms with Gasteiger partial charge in [-0.05, 0) is 13.3 Å². The third-order valence-electron chi connectivity index (χ3n) is 1.86. The van der Waals surface area contributed by atoms with Gasteiger partial charge in [0.15, 0.2) is 0 Å². The number of amides is 1. The number of carbonyl (C=O) groups is 1. The van der Waals surface area contributed by atoms with Gasteiger partial charge in [0.1, 0.15) is 0 Å². The predicted octanol–water partition coefficient (Wildman–Crippen LogP) is -0.00140. The molecule has 0 bridgehead atoms. The Morgan fingerprint density at radius 2 is 2.14 bits per heavy atom. The smallest absolute Gasteiger partial charge is 0.220 e. The molecular weight excluding hydrogens is 200 g/mol. The Kier molecular flexibility index (Phi) is 7.70. The fourth-order valence-corrected chi connectivity index (χ4v) is 2.23. The van der Waals surface area contributed by atoms with Crippen LogP contribution in [-0.4, -0.2) is 34.2 Å². The fourth-order valence-electron chi connectivity index (χ4n) is 0.932. The Hall–Kier alpha value is -0.420. The molecule has 0 radical (unpaired) electrons. The number of rotatable bonds is 7. The van der Waals surface area contributed by atoms with Gasteiger partial charge in [-0.25, -0.2) is 0 Å². The molecule has 0 heterocycles. The highest BCUT2D eigenvalue weighted by atomic mass is 32.2. The molecular formula is C9H20N2O2S. The molecule has 0 aliphatic rings. The van der Waals surface area contributed by atoms with E-state index in [9.17, 15) is 9.00 Å². The van der Waals surface area contributed by atoms with Crippen LogP contribution in [0, 0.1) is 0 Å². The normalized spacial score (nSPS) is 14.8. The zero-order chi connectivity index (χ0) is 11.0. The second-order valence-electron chi connectivity index (χ2n) is 3.18. The van der Waals surface area contributed by atoms with Gasteiger partial charge in [0.05, 0.1) is 0 Å². The number of nitrogens with two attached hydrogens (primary N) is 1. The lowest BCUT2D eigenvalue weighted by Gasteiger charge is -2.07. The summed E-state index contributed by atoms with van der Waals surface area (Å²) >= 11 is 0. The second kappa shape index (κ2) is 7.94. The van der Waals surface area contributed by atoms with E-state index in [1.807, 2.05) is 13.8 Å². The van der Waals surface area contributed by atoms with E-state index < -0.39 is 10.8 Å². The van der Waals surface area contributed by atoms with E-state index in [0.29, 0.717) is 24.5 Å². The maximum Gasteiger partial charge on any atom is 0.220 e. The second-order valence-corrected chi connectivity index (χ2v) is 4.80. The summed E-state index contributed by atoms with van der Waals surface area (Å²) in [4.78, 5) is 11.0. The van der Waals surface area contributed by atoms with Crippen molar-refractivity contribution in [2.24, 2.45) is 5.73 Å². The number of hydrogen-bond acceptors (Lipinski definition) is 3. The summed E-state index contributed by atoms with van der Waals surface area (Å²) in [5.41, 5.74) is 5.65. The summed E-state index contributed by atoms with van der Waals surface area (Å²) in [5, 5.41) is 2.66. The van der Waals surface area contributed by atoms with Gasteiger partial charge < -0.3 is 11.1 Å². The first-order chi connectivity index (χ1) is 6.60. The highest BCUT2D eigenvalue weighted by Crippen LogP contribution is 1.94. The van der Waals surface area contributed by atoms with Crippen molar-refractivity contribution in [3.8, 4) is 0 Å². The first-order valence-electron chi connectivity index (χ1n) is 4.97. The zero-order valence-corrected chi connectivity index (χ0v) is 9.73. The van der Waals surface area contributed by atoms with Crippen LogP contribution in [0.25, 0.3) is 0 Å². The monoisotopic (exact) mass is 220 g/mol. The first kappa shape index (κ1) is 13.6. The molecule has 1 amide bonds. The van der Waals surface area contributed by atoms with E-state index in [2.05, 4.69) is 5.32 Å². The van der Waals surface area contributed by atoms with Crippen LogP contribution in [0.15, 0.2) is 0 Å². The molecule has 0 saturated carbocycles. The molecule has 0 rings (SSSR count). The lowest BCUT2D eigenvalue weighted by molar-refractivity contribution is -0.120. The average molecular weight is 220 g/mol. The third-order valence-corrected chi connectivity index (χ3v) is 3.31. The van der Waals surface area contributed by atoms with Crippen molar-refractivity contribution in [3.63, 3.8) is 0 Å². The molecule has 2 atom stereocenters. The summed E-state index contributed by atoms with van der Waals surface area (Å²) in [6, 6.07) is -0.00919. The van der Waals surface area contributed by atoms with Crippen molar-refractivity contribution in [3.05, 3.63) is 0 Å². The topological polar surface area (TPSA) is 72.2 Å². The average Bonchev–Trinajstić information content (AvgIpc) is 2.15. The summed E-state index contributed by atoms with van der Waals surface area (Å²) in [5.74, 6) is 0.876. The maximum atomic E-state index is 11.4. The highest BCUT2D eigenvalue weighted by molar-refractivity contribution is 7.85. The van der Waals surface area contributed by atoms with Crippen LogP contribution >= 0.6 is 0 Å². The van der Waals surface area contributed by atoms with Gasteiger partial charge in [0, 0.05) is 41.3 Å². The minimum absolute atomic E-state index is 0.00919. The molecule has 0 fully saturated rings. The van der Waals surface area contributed by atoms with Gasteiger partial charge in [0.25, 0.3) is 0 Å². The highest BCUT2D eigenvalue weighted by Gasteiger charge is 2.08. The van der Waals surface area contributed by atoms with Crippen molar-refractivity contribution in [1.82, 2.24) is 5.32 Å². The van der Waals surface area contributed by atoms with E-state index in [0.717, 1.165) is 6.42 Å². The van der Waals surface area contributed by atoms with Crippen LogP contribution in [0.1, 0.15) is 26.7 Å². The van der Waals surface area contributed by atoms with Crippen LogP contribution in [0.5, 0.6) is 0 Å². The summed E-state index contributed by atoms with van der Waals surface area (Å²) in [6.07, 6.45) is 1.16. The molecule has 0 saturated heterocycles. The van der Waals surface area contributed by atoms with Crippen LogP contribution in [0.3, 0.4) is 0 Å². The Morgan fingerprint density at radius 1 is 1.50 bits per heavy atom. The molecule has 2 unspecified atom stereocenters. The SMILES string of the molecule is CCNC(=O)CCS(=O)CC(N)CC. The summed E-state index contributed by atoms with van der Waals surface area (Å²) in [7, 11) is -0.960. The van der Waals surface area contributed by atoms with Crippen molar-refractivity contribution in [2.45, 2.75) is 32.7 Å². The number of nitrogens with one attached hydrogen (secondary N) is 1. The van der Waals surface area contributed by atoms with E-state index in [1.54, 1.807) is 0 Å². The van der Waals surface area contributed by atoms with Gasteiger partial charge in [0.2, 0.25) is 5.91 Å². The minimum Gasteiger partial charge on any atom is -0.356 e. The van der Waals surface area contributed by atoms with Gasteiger partial charge in [-0.3, -0.25) is 9.00 Å². The summed E-state index contributed by atoms with van der Waals surface area (Å²) < 4.78 is 11.4. The van der Waals surface area contributed by atoms with Crippen LogP contribution in [0.2, 0.25) is 0 Å². The first-order valence-corrected chi connectivity index (χ1v) is 6.46. The molecule has 0 spiro atoms. The molecule has 0 aromatic carbocycles. The molecule has 0 aliphatic carbocycles. The maximum absolute atomic E-state index is 11.4. The lowest BCUT2D eigenvalue weighted by atomic mass is 10.3. The molecule has 0 aromatic heterocycles. The van der Waals surface area contributed by atoms with Crippen molar-refractivity contribution >= 4 is 16.7 Å². The fraction of sp³-hybridized carbons (Fsp3) is 0.889. The van der Waals surface area contributed by atoms with E-state index >= 15 is 0 Å². The Labute approximate surface area is 88.1 Å². The quantitative estimate of drug-likeness (QED) is 0.634. The molecule has 0 aliphatic heterocycles. The van der Waals surface area contributed by atoms with Crippen LogP contribution in [0.4, 0.5) is 0 Å². The zero-order valence-electron chi connectivity index (χ0n) is 8.91. The van der Waals surface area contributed by atoms with Gasteiger partial charge >= 0.3 is 0 Å². The van der Waals surface area contributed by atoms with Crippen LogP contribution < -0.4 is 11.1 Å².